The fourth-order valence-corrected chi connectivity index (χ4v) is 2.56. The zero-order valence-electron chi connectivity index (χ0n) is 8.40. The fraction of sp³-hybridized carbons (Fsp3) is 0.333. The molecule has 1 aliphatic heterocycles. The van der Waals surface area contributed by atoms with E-state index in [2.05, 4.69) is 11.4 Å². The Bertz CT molecular complexity index is 439. The van der Waals surface area contributed by atoms with E-state index in [-0.39, 0.29) is 0 Å². The van der Waals surface area contributed by atoms with Crippen molar-refractivity contribution >= 4 is 5.69 Å². The van der Waals surface area contributed by atoms with Crippen LogP contribution in [0.1, 0.15) is 24.3 Å². The molecule has 2 unspecified atom stereocenters. The smallest absolute Gasteiger partial charge is 0.116 e. The maximum Gasteiger partial charge on any atom is 0.116 e. The Hall–Kier alpha value is -1.64. The first-order chi connectivity index (χ1) is 7.24. The molecule has 1 aromatic rings. The summed E-state index contributed by atoms with van der Waals surface area (Å²) in [6, 6.07) is 5.94. The monoisotopic (exact) mass is 202 g/mol. The summed E-state index contributed by atoms with van der Waals surface area (Å²) in [4.78, 5) is 0. The summed E-state index contributed by atoms with van der Waals surface area (Å²) in [6.45, 7) is 0. The normalized spacial score (nSPS) is 27.6. The molecule has 0 saturated carbocycles. The molecule has 2 aliphatic rings. The number of nitrogens with two attached hydrogens (primary N) is 1. The summed E-state index contributed by atoms with van der Waals surface area (Å²) in [7, 11) is 0. The Morgan fingerprint density at radius 3 is 3.13 bits per heavy atom. The molecule has 0 amide bonds. The highest BCUT2D eigenvalue weighted by atomic mass is 16.3. The number of hydrogen-bond acceptors (Lipinski definition) is 3. The zero-order valence-corrected chi connectivity index (χ0v) is 8.40. The first-order valence-electron chi connectivity index (χ1n) is 5.29. The first-order valence-corrected chi connectivity index (χ1v) is 5.29. The van der Waals surface area contributed by atoms with Gasteiger partial charge in [0, 0.05) is 23.3 Å². The lowest BCUT2D eigenvalue weighted by Crippen LogP contribution is -2.24. The van der Waals surface area contributed by atoms with E-state index in [0.717, 1.165) is 24.2 Å². The molecule has 1 aliphatic carbocycles. The molecule has 0 fully saturated rings. The fourth-order valence-electron chi connectivity index (χ4n) is 2.56. The van der Waals surface area contributed by atoms with Crippen molar-refractivity contribution < 1.29 is 5.11 Å². The minimum Gasteiger partial charge on any atom is -0.508 e. The highest BCUT2D eigenvalue weighted by molar-refractivity contribution is 5.63. The van der Waals surface area contributed by atoms with Gasteiger partial charge in [0.25, 0.3) is 0 Å². The number of phenolic OH excluding ortho intramolecular Hbond substituents is 1. The minimum absolute atomic E-state index is 0.328. The maximum atomic E-state index is 9.47. The van der Waals surface area contributed by atoms with E-state index < -0.39 is 0 Å². The van der Waals surface area contributed by atoms with Crippen molar-refractivity contribution in [2.75, 3.05) is 5.32 Å². The Morgan fingerprint density at radius 2 is 2.27 bits per heavy atom. The van der Waals surface area contributed by atoms with Gasteiger partial charge in [-0.1, -0.05) is 6.08 Å². The van der Waals surface area contributed by atoms with Crippen LogP contribution >= 0.6 is 0 Å². The van der Waals surface area contributed by atoms with Crippen molar-refractivity contribution in [3.05, 3.63) is 35.5 Å². The average molecular weight is 202 g/mol. The van der Waals surface area contributed by atoms with E-state index in [9.17, 15) is 5.11 Å². The van der Waals surface area contributed by atoms with Crippen LogP contribution < -0.4 is 11.1 Å². The summed E-state index contributed by atoms with van der Waals surface area (Å²) in [6.07, 6.45) is 4.16. The van der Waals surface area contributed by atoms with Crippen molar-refractivity contribution in [1.82, 2.24) is 0 Å². The third kappa shape index (κ3) is 1.27. The van der Waals surface area contributed by atoms with Crippen LogP contribution in [-0.4, -0.2) is 11.1 Å². The molecule has 3 heteroatoms. The summed E-state index contributed by atoms with van der Waals surface area (Å²) in [5.41, 5.74) is 9.13. The van der Waals surface area contributed by atoms with Crippen molar-refractivity contribution in [1.29, 1.82) is 0 Å². The van der Waals surface area contributed by atoms with Crippen LogP contribution in [-0.2, 0) is 0 Å². The van der Waals surface area contributed by atoms with Gasteiger partial charge in [-0.3, -0.25) is 0 Å². The average Bonchev–Trinajstić information content (AvgIpc) is 2.56. The SMILES string of the molecule is NC1=CC2c3cc(O)ccc3NC2CC1. The van der Waals surface area contributed by atoms with Crippen LogP contribution in [0.3, 0.4) is 0 Å². The van der Waals surface area contributed by atoms with Gasteiger partial charge in [0.1, 0.15) is 5.75 Å². The molecular weight excluding hydrogens is 188 g/mol. The van der Waals surface area contributed by atoms with Crippen LogP contribution in [0.5, 0.6) is 5.75 Å². The van der Waals surface area contributed by atoms with Crippen molar-refractivity contribution in [2.24, 2.45) is 5.73 Å². The van der Waals surface area contributed by atoms with Gasteiger partial charge in [-0.05, 0) is 36.6 Å². The van der Waals surface area contributed by atoms with Crippen LogP contribution in [0.2, 0.25) is 0 Å². The number of rotatable bonds is 0. The Morgan fingerprint density at radius 1 is 1.40 bits per heavy atom. The lowest BCUT2D eigenvalue weighted by atomic mass is 9.86. The molecule has 1 heterocycles. The van der Waals surface area contributed by atoms with Crippen molar-refractivity contribution in [3.8, 4) is 5.75 Å². The number of nitrogens with one attached hydrogen (secondary N) is 1. The first kappa shape index (κ1) is 8.65. The van der Waals surface area contributed by atoms with Crippen LogP contribution in [0.4, 0.5) is 5.69 Å². The van der Waals surface area contributed by atoms with Gasteiger partial charge in [0.2, 0.25) is 0 Å². The van der Waals surface area contributed by atoms with Gasteiger partial charge < -0.3 is 16.2 Å². The molecule has 1 aromatic carbocycles. The van der Waals surface area contributed by atoms with Crippen LogP contribution in [0, 0.1) is 0 Å². The molecule has 0 spiro atoms. The Balaban J connectivity index is 2.08. The third-order valence-electron chi connectivity index (χ3n) is 3.31. The highest BCUT2D eigenvalue weighted by Gasteiger charge is 2.32. The number of phenols is 1. The Labute approximate surface area is 88.6 Å². The summed E-state index contributed by atoms with van der Waals surface area (Å²) >= 11 is 0. The number of benzene rings is 1. The summed E-state index contributed by atoms with van der Waals surface area (Å²) in [5.74, 6) is 0.662. The maximum absolute atomic E-state index is 9.47. The molecule has 0 radical (unpaired) electrons. The minimum atomic E-state index is 0.328. The van der Waals surface area contributed by atoms with E-state index in [1.54, 1.807) is 6.07 Å². The largest absolute Gasteiger partial charge is 0.508 e. The van der Waals surface area contributed by atoms with Gasteiger partial charge in [-0.15, -0.1) is 0 Å². The van der Waals surface area contributed by atoms with Gasteiger partial charge in [0.15, 0.2) is 0 Å². The zero-order chi connectivity index (χ0) is 10.4. The highest BCUT2D eigenvalue weighted by Crippen LogP contribution is 2.42. The molecule has 15 heavy (non-hydrogen) atoms. The van der Waals surface area contributed by atoms with Gasteiger partial charge in [-0.2, -0.15) is 0 Å². The van der Waals surface area contributed by atoms with E-state index in [1.165, 1.54) is 5.56 Å². The standard InChI is InChI=1S/C12H14N2O/c13-7-1-3-11-9(5-7)10-6-8(15)2-4-12(10)14-11/h2,4-6,9,11,14-15H,1,3,13H2. The molecule has 0 bridgehead atoms. The molecule has 0 aromatic heterocycles. The predicted octanol–water partition coefficient (Wildman–Crippen LogP) is 1.91. The van der Waals surface area contributed by atoms with Crippen LogP contribution in [0.15, 0.2) is 30.0 Å². The predicted molar refractivity (Wildman–Crippen MR) is 59.8 cm³/mol. The van der Waals surface area contributed by atoms with E-state index >= 15 is 0 Å². The molecule has 78 valence electrons. The summed E-state index contributed by atoms with van der Waals surface area (Å²) in [5, 5.41) is 12.9. The molecule has 3 nitrogen and oxygen atoms in total. The molecule has 4 N–H and O–H groups in total. The van der Waals surface area contributed by atoms with E-state index in [4.69, 9.17) is 5.73 Å². The molecule has 0 saturated heterocycles. The molecular formula is C12H14N2O. The number of allylic oxidation sites excluding steroid dienone is 1. The lowest BCUT2D eigenvalue weighted by molar-refractivity contribution is 0.474. The van der Waals surface area contributed by atoms with Gasteiger partial charge >= 0.3 is 0 Å². The molecule has 3 rings (SSSR count). The number of anilines is 1. The Kier molecular flexibility index (Phi) is 1.69. The second-order valence-electron chi connectivity index (χ2n) is 4.33. The van der Waals surface area contributed by atoms with Gasteiger partial charge in [-0.25, -0.2) is 0 Å². The second kappa shape index (κ2) is 2.92. The van der Waals surface area contributed by atoms with Gasteiger partial charge in [0.05, 0.1) is 0 Å². The number of aromatic hydroxyl groups is 1. The lowest BCUT2D eigenvalue weighted by Gasteiger charge is -2.23. The van der Waals surface area contributed by atoms with Crippen LogP contribution in [0.25, 0.3) is 0 Å². The number of fused-ring (bicyclic) bond motifs is 3. The topological polar surface area (TPSA) is 58.3 Å². The van der Waals surface area contributed by atoms with Crippen molar-refractivity contribution in [2.45, 2.75) is 24.8 Å². The van der Waals surface area contributed by atoms with Crippen molar-refractivity contribution in [3.63, 3.8) is 0 Å². The summed E-state index contributed by atoms with van der Waals surface area (Å²) < 4.78 is 0. The van der Waals surface area contributed by atoms with E-state index in [1.807, 2.05) is 12.1 Å². The third-order valence-corrected chi connectivity index (χ3v) is 3.31. The second-order valence-corrected chi connectivity index (χ2v) is 4.33. The van der Waals surface area contributed by atoms with E-state index in [0.29, 0.717) is 17.7 Å². The number of hydrogen-bond donors (Lipinski definition) is 3. The quantitative estimate of drug-likeness (QED) is 0.563. The molecule has 2 atom stereocenters.